The molecule has 0 spiro atoms. The van der Waals surface area contributed by atoms with Crippen molar-refractivity contribution in [2.45, 2.75) is 50.8 Å². The summed E-state index contributed by atoms with van der Waals surface area (Å²) in [5.74, 6) is -0.903. The Morgan fingerprint density at radius 1 is 1.21 bits per heavy atom. The molecule has 2 heterocycles. The molecule has 0 bridgehead atoms. The van der Waals surface area contributed by atoms with E-state index in [9.17, 15) is 9.90 Å². The number of carbonyl (C=O) groups is 1. The Morgan fingerprint density at radius 3 is 2.52 bits per heavy atom. The minimum absolute atomic E-state index is 0.198. The summed E-state index contributed by atoms with van der Waals surface area (Å²) in [4.78, 5) is 16.5. The predicted molar refractivity (Wildman–Crippen MR) is 109 cm³/mol. The summed E-state index contributed by atoms with van der Waals surface area (Å²) in [7, 11) is 2.04. The van der Waals surface area contributed by atoms with E-state index in [0.717, 1.165) is 18.7 Å². The third-order valence-electron chi connectivity index (χ3n) is 5.60. The van der Waals surface area contributed by atoms with E-state index in [1.807, 2.05) is 51.2 Å². The molecule has 0 aliphatic carbocycles. The molecule has 2 fully saturated rings. The topological polar surface area (TPSA) is 71.5 Å². The van der Waals surface area contributed by atoms with Gasteiger partial charge in [-0.3, -0.25) is 4.79 Å². The molecule has 2 aliphatic heterocycles. The molecule has 2 atom stereocenters. The number of hydrogen-bond acceptors (Lipinski definition) is 6. The number of ether oxygens (including phenoxy) is 3. The molecule has 0 radical (unpaired) electrons. The van der Waals surface area contributed by atoms with Gasteiger partial charge in [0.25, 0.3) is 5.91 Å². The zero-order chi connectivity index (χ0) is 20.9. The lowest BCUT2D eigenvalue weighted by Gasteiger charge is -2.34. The van der Waals surface area contributed by atoms with Gasteiger partial charge in [-0.2, -0.15) is 0 Å². The summed E-state index contributed by atoms with van der Waals surface area (Å²) in [6.07, 6.45) is -0.220. The maximum absolute atomic E-state index is 12.6. The lowest BCUT2D eigenvalue weighted by molar-refractivity contribution is -0.178. The first-order chi connectivity index (χ1) is 13.8. The van der Waals surface area contributed by atoms with Crippen molar-refractivity contribution in [3.8, 4) is 0 Å². The number of aliphatic hydroxyl groups is 1. The van der Waals surface area contributed by atoms with Crippen LogP contribution in [0.15, 0.2) is 30.3 Å². The zero-order valence-electron chi connectivity index (χ0n) is 17.8. The molecule has 29 heavy (non-hydrogen) atoms. The van der Waals surface area contributed by atoms with Gasteiger partial charge in [0.05, 0.1) is 19.8 Å². The van der Waals surface area contributed by atoms with Gasteiger partial charge in [-0.1, -0.05) is 30.3 Å². The number of amides is 1. The summed E-state index contributed by atoms with van der Waals surface area (Å²) in [6.45, 7) is 7.94. The van der Waals surface area contributed by atoms with Crippen molar-refractivity contribution in [2.24, 2.45) is 0 Å². The molecule has 3 rings (SSSR count). The van der Waals surface area contributed by atoms with Crippen LogP contribution in [0.2, 0.25) is 0 Å². The maximum atomic E-state index is 12.6. The quantitative estimate of drug-likeness (QED) is 0.708. The summed E-state index contributed by atoms with van der Waals surface area (Å²) >= 11 is 0. The van der Waals surface area contributed by atoms with Crippen molar-refractivity contribution in [1.29, 1.82) is 0 Å². The van der Waals surface area contributed by atoms with Crippen molar-refractivity contribution < 1.29 is 24.1 Å². The number of carbonyl (C=O) groups excluding carboxylic acids is 1. The summed E-state index contributed by atoms with van der Waals surface area (Å²) in [5.41, 5.74) is 0.424. The molecule has 7 nitrogen and oxygen atoms in total. The summed E-state index contributed by atoms with van der Waals surface area (Å²) in [5, 5.41) is 10.5. The van der Waals surface area contributed by atoms with Gasteiger partial charge in [0.2, 0.25) is 0 Å². The van der Waals surface area contributed by atoms with Gasteiger partial charge < -0.3 is 29.1 Å². The van der Waals surface area contributed by atoms with Gasteiger partial charge in [-0.15, -0.1) is 0 Å². The van der Waals surface area contributed by atoms with E-state index in [2.05, 4.69) is 4.90 Å². The molecular weight excluding hydrogens is 372 g/mol. The Labute approximate surface area is 173 Å². The highest BCUT2D eigenvalue weighted by Crippen LogP contribution is 2.35. The second kappa shape index (κ2) is 9.53. The normalized spacial score (nSPS) is 25.9. The van der Waals surface area contributed by atoms with Crippen molar-refractivity contribution in [3.63, 3.8) is 0 Å². The molecule has 1 aromatic carbocycles. The Balaban J connectivity index is 1.53. The molecule has 1 aromatic rings. The van der Waals surface area contributed by atoms with E-state index in [1.54, 1.807) is 4.90 Å². The van der Waals surface area contributed by atoms with Gasteiger partial charge in [0.1, 0.15) is 11.7 Å². The fourth-order valence-electron chi connectivity index (χ4n) is 3.84. The molecular formula is C22H34N2O5. The Kier molecular flexibility index (Phi) is 7.29. The smallest absolute Gasteiger partial charge is 0.251 e. The summed E-state index contributed by atoms with van der Waals surface area (Å²) < 4.78 is 17.9. The average Bonchev–Trinajstić information content (AvgIpc) is 3.02. The van der Waals surface area contributed by atoms with Crippen LogP contribution in [0.3, 0.4) is 0 Å². The van der Waals surface area contributed by atoms with Crippen LogP contribution in [0.25, 0.3) is 0 Å². The van der Waals surface area contributed by atoms with Crippen molar-refractivity contribution in [3.05, 3.63) is 35.9 Å². The van der Waals surface area contributed by atoms with Crippen LogP contribution in [0, 0.1) is 0 Å². The lowest BCUT2D eigenvalue weighted by Crippen LogP contribution is -2.50. The van der Waals surface area contributed by atoms with E-state index in [-0.39, 0.29) is 5.91 Å². The van der Waals surface area contributed by atoms with E-state index in [1.165, 1.54) is 0 Å². The van der Waals surface area contributed by atoms with E-state index in [4.69, 9.17) is 14.2 Å². The number of nitrogens with zero attached hydrogens (tertiary/aromatic N) is 2. The standard InChI is InChI=1S/C22H34N2O5/c1-21(2)28-17-22(29-21,16-27-15-18-7-5-4-6-8-18)10-9-19(25)20(26)24-13-11-23(3)12-14-24/h4-8,19,25H,9-17H2,1-3H3. The number of rotatable bonds is 8. The van der Waals surface area contributed by atoms with Crippen LogP contribution < -0.4 is 0 Å². The highest BCUT2D eigenvalue weighted by molar-refractivity contribution is 5.80. The van der Waals surface area contributed by atoms with Crippen LogP contribution in [0.5, 0.6) is 0 Å². The Hall–Kier alpha value is -1.51. The number of hydrogen-bond donors (Lipinski definition) is 1. The van der Waals surface area contributed by atoms with Crippen molar-refractivity contribution >= 4 is 5.91 Å². The van der Waals surface area contributed by atoms with Gasteiger partial charge in [-0.25, -0.2) is 0 Å². The van der Waals surface area contributed by atoms with Crippen LogP contribution >= 0.6 is 0 Å². The van der Waals surface area contributed by atoms with Gasteiger partial charge >= 0.3 is 0 Å². The van der Waals surface area contributed by atoms with Crippen LogP contribution in [-0.2, 0) is 25.6 Å². The second-order valence-electron chi connectivity index (χ2n) is 8.64. The maximum Gasteiger partial charge on any atom is 0.251 e. The zero-order valence-corrected chi connectivity index (χ0v) is 17.8. The molecule has 2 aliphatic rings. The number of piperazine rings is 1. The van der Waals surface area contributed by atoms with Gasteiger partial charge in [0.15, 0.2) is 5.79 Å². The molecule has 0 saturated carbocycles. The highest BCUT2D eigenvalue weighted by atomic mass is 16.8. The van der Waals surface area contributed by atoms with Crippen molar-refractivity contribution in [2.75, 3.05) is 46.4 Å². The minimum Gasteiger partial charge on any atom is -0.383 e. The average molecular weight is 407 g/mol. The minimum atomic E-state index is -1.03. The molecule has 2 saturated heterocycles. The molecule has 1 N–H and O–H groups in total. The number of likely N-dealkylation sites (N-methyl/N-ethyl adjacent to an activating group) is 1. The Bertz CT molecular complexity index is 660. The predicted octanol–water partition coefficient (Wildman–Crippen LogP) is 1.64. The third-order valence-corrected chi connectivity index (χ3v) is 5.60. The molecule has 162 valence electrons. The summed E-state index contributed by atoms with van der Waals surface area (Å²) in [6, 6.07) is 9.96. The van der Waals surface area contributed by atoms with E-state index >= 15 is 0 Å². The molecule has 2 unspecified atom stereocenters. The molecule has 0 aromatic heterocycles. The fraction of sp³-hybridized carbons (Fsp3) is 0.682. The first-order valence-corrected chi connectivity index (χ1v) is 10.4. The van der Waals surface area contributed by atoms with Crippen LogP contribution in [0.4, 0.5) is 0 Å². The fourth-order valence-corrected chi connectivity index (χ4v) is 3.84. The second-order valence-corrected chi connectivity index (χ2v) is 8.64. The SMILES string of the molecule is CN1CCN(C(=O)C(O)CCC2(COCc3ccccc3)COC(C)(C)O2)CC1. The van der Waals surface area contributed by atoms with Gasteiger partial charge in [0, 0.05) is 26.2 Å². The Morgan fingerprint density at radius 2 is 1.90 bits per heavy atom. The van der Waals surface area contributed by atoms with Crippen LogP contribution in [-0.4, -0.2) is 84.7 Å². The number of aliphatic hydroxyl groups excluding tert-OH is 1. The lowest BCUT2D eigenvalue weighted by atomic mass is 9.96. The monoisotopic (exact) mass is 406 g/mol. The van der Waals surface area contributed by atoms with Crippen molar-refractivity contribution in [1.82, 2.24) is 9.80 Å². The highest BCUT2D eigenvalue weighted by Gasteiger charge is 2.46. The number of benzene rings is 1. The van der Waals surface area contributed by atoms with Gasteiger partial charge in [-0.05, 0) is 39.3 Å². The first kappa shape index (κ1) is 22.2. The molecule has 1 amide bonds. The molecule has 7 heteroatoms. The van der Waals surface area contributed by atoms with E-state index < -0.39 is 17.5 Å². The largest absolute Gasteiger partial charge is 0.383 e. The first-order valence-electron chi connectivity index (χ1n) is 10.4. The third kappa shape index (κ3) is 6.23. The van der Waals surface area contributed by atoms with E-state index in [0.29, 0.717) is 45.8 Å². The van der Waals surface area contributed by atoms with Crippen LogP contribution in [0.1, 0.15) is 32.3 Å².